The first-order valence-corrected chi connectivity index (χ1v) is 7.73. The van der Waals surface area contributed by atoms with Gasteiger partial charge < -0.3 is 0 Å². The second-order valence-corrected chi connectivity index (χ2v) is 6.66. The predicted octanol–water partition coefficient (Wildman–Crippen LogP) is 6.04. The van der Waals surface area contributed by atoms with Crippen molar-refractivity contribution >= 4 is 43.5 Å². The molecular formula is C15H13Br2Cl. The molecule has 0 N–H and O–H groups in total. The van der Waals surface area contributed by atoms with E-state index in [1.807, 2.05) is 18.2 Å². The minimum atomic E-state index is -0.00296. The Kier molecular flexibility index (Phi) is 4.88. The van der Waals surface area contributed by atoms with Crippen molar-refractivity contribution in [2.75, 3.05) is 0 Å². The third-order valence-corrected chi connectivity index (χ3v) is 4.26. The smallest absolute Gasteiger partial charge is 0.0628 e. The van der Waals surface area contributed by atoms with E-state index in [1.54, 1.807) is 0 Å². The third kappa shape index (κ3) is 3.59. The zero-order valence-electron chi connectivity index (χ0n) is 9.96. The second-order valence-electron chi connectivity index (χ2n) is 4.30. The number of benzene rings is 2. The Labute approximate surface area is 130 Å². The summed E-state index contributed by atoms with van der Waals surface area (Å²) in [6.07, 6.45) is 0.832. The zero-order chi connectivity index (χ0) is 13.1. The van der Waals surface area contributed by atoms with Gasteiger partial charge in [0.15, 0.2) is 0 Å². The Hall–Kier alpha value is -0.310. The number of rotatable bonds is 3. The monoisotopic (exact) mass is 386 g/mol. The lowest BCUT2D eigenvalue weighted by Crippen LogP contribution is -1.98. The molecule has 2 aromatic rings. The van der Waals surface area contributed by atoms with Crippen LogP contribution in [-0.2, 0) is 6.42 Å². The Morgan fingerprint density at radius 1 is 1.06 bits per heavy atom. The van der Waals surface area contributed by atoms with E-state index < -0.39 is 0 Å². The van der Waals surface area contributed by atoms with Crippen molar-refractivity contribution < 1.29 is 0 Å². The van der Waals surface area contributed by atoms with E-state index >= 15 is 0 Å². The second kappa shape index (κ2) is 6.23. The van der Waals surface area contributed by atoms with Crippen molar-refractivity contribution in [2.45, 2.75) is 18.7 Å². The van der Waals surface area contributed by atoms with Crippen molar-refractivity contribution in [1.29, 1.82) is 0 Å². The van der Waals surface area contributed by atoms with Gasteiger partial charge in [0.25, 0.3) is 0 Å². The molecule has 0 aromatic heterocycles. The molecule has 3 heteroatoms. The fraction of sp³-hybridized carbons (Fsp3) is 0.200. The van der Waals surface area contributed by atoms with Crippen LogP contribution in [0.5, 0.6) is 0 Å². The number of halogens is 3. The normalized spacial score (nSPS) is 12.4. The number of alkyl halides is 1. The highest BCUT2D eigenvalue weighted by atomic mass is 79.9. The molecular weight excluding hydrogens is 375 g/mol. The number of hydrogen-bond donors (Lipinski definition) is 0. The summed E-state index contributed by atoms with van der Waals surface area (Å²) in [5, 5.41) is -0.00296. The van der Waals surface area contributed by atoms with Gasteiger partial charge in [-0.1, -0.05) is 50.1 Å². The van der Waals surface area contributed by atoms with Crippen LogP contribution >= 0.6 is 43.5 Å². The number of hydrogen-bond acceptors (Lipinski definition) is 0. The average molecular weight is 389 g/mol. The standard InChI is InChI=1S/C15H13Br2Cl/c1-10-5-6-13(17)9-14(10)15(18)8-11-3-2-4-12(16)7-11/h2-7,9,15H,8H2,1H3. The molecule has 18 heavy (non-hydrogen) atoms. The first-order valence-electron chi connectivity index (χ1n) is 5.71. The van der Waals surface area contributed by atoms with Crippen LogP contribution in [0.3, 0.4) is 0 Å². The molecule has 0 fully saturated rings. The fourth-order valence-corrected chi connectivity index (χ4v) is 3.17. The van der Waals surface area contributed by atoms with Gasteiger partial charge in [0.1, 0.15) is 0 Å². The molecule has 0 saturated carbocycles. The van der Waals surface area contributed by atoms with E-state index in [9.17, 15) is 0 Å². The van der Waals surface area contributed by atoms with Crippen molar-refractivity contribution in [3.05, 3.63) is 68.1 Å². The Balaban J connectivity index is 2.21. The van der Waals surface area contributed by atoms with Gasteiger partial charge in [-0.2, -0.15) is 0 Å². The highest BCUT2D eigenvalue weighted by Crippen LogP contribution is 2.30. The summed E-state index contributed by atoms with van der Waals surface area (Å²) < 4.78 is 2.16. The van der Waals surface area contributed by atoms with Gasteiger partial charge in [0, 0.05) is 8.95 Å². The lowest BCUT2D eigenvalue weighted by molar-refractivity contribution is 0.908. The Morgan fingerprint density at radius 3 is 2.50 bits per heavy atom. The number of aryl methyl sites for hydroxylation is 1. The summed E-state index contributed by atoms with van der Waals surface area (Å²) in [6, 6.07) is 14.5. The zero-order valence-corrected chi connectivity index (χ0v) is 13.9. The SMILES string of the molecule is Cc1ccc(Br)cc1C(Cl)Cc1cccc(Br)c1. The van der Waals surface area contributed by atoms with Crippen LogP contribution in [0, 0.1) is 6.92 Å². The summed E-state index contributed by atoms with van der Waals surface area (Å²) >= 11 is 13.5. The average Bonchev–Trinajstić information content (AvgIpc) is 2.32. The summed E-state index contributed by atoms with van der Waals surface area (Å²) in [7, 11) is 0. The summed E-state index contributed by atoms with van der Waals surface area (Å²) in [6.45, 7) is 2.10. The van der Waals surface area contributed by atoms with Gasteiger partial charge in [0.05, 0.1) is 5.38 Å². The van der Waals surface area contributed by atoms with E-state index in [0.717, 1.165) is 15.4 Å². The molecule has 2 aromatic carbocycles. The van der Waals surface area contributed by atoms with Crippen LogP contribution < -0.4 is 0 Å². The minimum absolute atomic E-state index is 0.00296. The minimum Gasteiger partial charge on any atom is -0.117 e. The van der Waals surface area contributed by atoms with Gasteiger partial charge in [0.2, 0.25) is 0 Å². The highest BCUT2D eigenvalue weighted by Gasteiger charge is 2.12. The molecule has 0 aliphatic rings. The van der Waals surface area contributed by atoms with Gasteiger partial charge in [-0.15, -0.1) is 11.6 Å². The molecule has 0 spiro atoms. The van der Waals surface area contributed by atoms with Gasteiger partial charge in [-0.3, -0.25) is 0 Å². The van der Waals surface area contributed by atoms with Crippen molar-refractivity contribution in [3.8, 4) is 0 Å². The molecule has 0 saturated heterocycles. The first-order chi connectivity index (χ1) is 8.56. The largest absolute Gasteiger partial charge is 0.117 e. The molecule has 0 bridgehead atoms. The van der Waals surface area contributed by atoms with Gasteiger partial charge in [-0.25, -0.2) is 0 Å². The van der Waals surface area contributed by atoms with E-state index in [4.69, 9.17) is 11.6 Å². The molecule has 1 atom stereocenters. The molecule has 0 aliphatic carbocycles. The van der Waals surface area contributed by atoms with E-state index in [2.05, 4.69) is 63.0 Å². The maximum atomic E-state index is 6.53. The predicted molar refractivity (Wildman–Crippen MR) is 85.3 cm³/mol. The molecule has 2 rings (SSSR count). The highest BCUT2D eigenvalue weighted by molar-refractivity contribution is 9.10. The van der Waals surface area contributed by atoms with E-state index in [0.29, 0.717) is 0 Å². The molecule has 0 amide bonds. The Bertz CT molecular complexity index is 552. The topological polar surface area (TPSA) is 0 Å². The fourth-order valence-electron chi connectivity index (χ4n) is 1.93. The van der Waals surface area contributed by atoms with Crippen molar-refractivity contribution in [2.24, 2.45) is 0 Å². The third-order valence-electron chi connectivity index (χ3n) is 2.88. The summed E-state index contributed by atoms with van der Waals surface area (Å²) in [4.78, 5) is 0. The van der Waals surface area contributed by atoms with E-state index in [1.165, 1.54) is 16.7 Å². The molecule has 1 unspecified atom stereocenters. The van der Waals surface area contributed by atoms with Crippen molar-refractivity contribution in [3.63, 3.8) is 0 Å². The van der Waals surface area contributed by atoms with Crippen LogP contribution in [-0.4, -0.2) is 0 Å². The van der Waals surface area contributed by atoms with Crippen LogP contribution in [0.4, 0.5) is 0 Å². The maximum Gasteiger partial charge on any atom is 0.0628 e. The summed E-state index contributed by atoms with van der Waals surface area (Å²) in [5.41, 5.74) is 3.66. The lowest BCUT2D eigenvalue weighted by atomic mass is 10.0. The Morgan fingerprint density at radius 2 is 1.78 bits per heavy atom. The molecule has 0 radical (unpaired) electrons. The lowest BCUT2D eigenvalue weighted by Gasteiger charge is -2.13. The molecule has 0 aliphatic heterocycles. The first kappa shape index (κ1) is 14.1. The summed E-state index contributed by atoms with van der Waals surface area (Å²) in [5.74, 6) is 0. The van der Waals surface area contributed by atoms with Gasteiger partial charge >= 0.3 is 0 Å². The quantitative estimate of drug-likeness (QED) is 0.562. The maximum absolute atomic E-state index is 6.53. The molecule has 0 heterocycles. The van der Waals surface area contributed by atoms with Gasteiger partial charge in [-0.05, 0) is 54.3 Å². The van der Waals surface area contributed by atoms with Crippen LogP contribution in [0.1, 0.15) is 22.1 Å². The van der Waals surface area contributed by atoms with Crippen molar-refractivity contribution in [1.82, 2.24) is 0 Å². The molecule has 0 nitrogen and oxygen atoms in total. The molecule has 94 valence electrons. The van der Waals surface area contributed by atoms with Crippen LogP contribution in [0.15, 0.2) is 51.4 Å². The van der Waals surface area contributed by atoms with E-state index in [-0.39, 0.29) is 5.38 Å². The van der Waals surface area contributed by atoms with Crippen LogP contribution in [0.2, 0.25) is 0 Å². The van der Waals surface area contributed by atoms with Crippen LogP contribution in [0.25, 0.3) is 0 Å².